The fourth-order valence-corrected chi connectivity index (χ4v) is 3.66. The summed E-state index contributed by atoms with van der Waals surface area (Å²) in [5.41, 5.74) is 5.07. The summed E-state index contributed by atoms with van der Waals surface area (Å²) in [5, 5.41) is 9.00. The summed E-state index contributed by atoms with van der Waals surface area (Å²) in [5.74, 6) is -0.985. The molecule has 0 radical (unpaired) electrons. The number of fused-ring (bicyclic) bond motifs is 1. The Balaban J connectivity index is 2.04. The molecule has 108 valence electrons. The molecule has 3 rings (SSSR count). The van der Waals surface area contributed by atoms with E-state index in [0.29, 0.717) is 0 Å². The molecule has 0 fully saturated rings. The molecule has 21 heavy (non-hydrogen) atoms. The highest BCUT2D eigenvalue weighted by Crippen LogP contribution is 2.27. The maximum Gasteiger partial charge on any atom is 0.356 e. The van der Waals surface area contributed by atoms with Crippen LogP contribution in [0.4, 0.5) is 0 Å². The number of hydrogen-bond donors (Lipinski definition) is 1. The molecule has 0 saturated heterocycles. The van der Waals surface area contributed by atoms with E-state index in [9.17, 15) is 4.79 Å². The largest absolute Gasteiger partial charge is 0.476 e. The first-order chi connectivity index (χ1) is 9.97. The van der Waals surface area contributed by atoms with Crippen molar-refractivity contribution in [3.05, 3.63) is 57.4 Å². The third-order valence-electron chi connectivity index (χ3n) is 3.85. The average Bonchev–Trinajstić information content (AvgIpc) is 2.95. The van der Waals surface area contributed by atoms with Gasteiger partial charge in [0.2, 0.25) is 0 Å². The van der Waals surface area contributed by atoms with Crippen LogP contribution in [0.1, 0.15) is 37.7 Å². The van der Waals surface area contributed by atoms with E-state index in [2.05, 4.69) is 37.0 Å². The van der Waals surface area contributed by atoms with Crippen molar-refractivity contribution >= 4 is 22.3 Å². The number of aromatic carboxylic acids is 1. The fourth-order valence-electron chi connectivity index (χ4n) is 2.55. The number of carboxylic acid groups (broad SMARTS) is 1. The van der Waals surface area contributed by atoms with Gasteiger partial charge < -0.3 is 5.11 Å². The first-order valence-corrected chi connectivity index (χ1v) is 7.54. The van der Waals surface area contributed by atoms with E-state index in [1.165, 1.54) is 21.6 Å². The minimum Gasteiger partial charge on any atom is -0.476 e. The molecular formula is C16H16N2O2S. The Kier molecular flexibility index (Phi) is 3.29. The Morgan fingerprint density at radius 1 is 1.29 bits per heavy atom. The molecule has 4 nitrogen and oxygen atoms in total. The molecule has 3 aromatic rings. The first kappa shape index (κ1) is 13.8. The second-order valence-electron chi connectivity index (χ2n) is 5.24. The van der Waals surface area contributed by atoms with Gasteiger partial charge in [-0.05, 0) is 37.5 Å². The summed E-state index contributed by atoms with van der Waals surface area (Å²) in [4.78, 5) is 17.1. The fraction of sp³-hybridized carbons (Fsp3) is 0.250. The zero-order chi connectivity index (χ0) is 15.1. The summed E-state index contributed by atoms with van der Waals surface area (Å²) in [6.45, 7) is 6.26. The van der Waals surface area contributed by atoms with Crippen molar-refractivity contribution in [1.29, 1.82) is 0 Å². The van der Waals surface area contributed by atoms with Crippen LogP contribution in [-0.2, 0) is 6.42 Å². The van der Waals surface area contributed by atoms with E-state index in [-0.39, 0.29) is 5.69 Å². The SMILES string of the molecule is Cc1cccc(C)c1Cc1sc2nc(C(=O)O)cn2c1C. The molecule has 0 atom stereocenters. The van der Waals surface area contributed by atoms with Crippen LogP contribution in [0.25, 0.3) is 4.96 Å². The Morgan fingerprint density at radius 3 is 2.52 bits per heavy atom. The van der Waals surface area contributed by atoms with Gasteiger partial charge in [0.25, 0.3) is 0 Å². The van der Waals surface area contributed by atoms with Crippen LogP contribution in [0.2, 0.25) is 0 Å². The molecule has 0 saturated carbocycles. The van der Waals surface area contributed by atoms with Crippen LogP contribution < -0.4 is 0 Å². The standard InChI is InChI=1S/C16H16N2O2S/c1-9-5-4-6-10(2)12(9)7-14-11(3)18-8-13(15(19)20)17-16(18)21-14/h4-6,8H,7H2,1-3H3,(H,19,20). The van der Waals surface area contributed by atoms with Gasteiger partial charge in [-0.1, -0.05) is 18.2 Å². The Morgan fingerprint density at radius 2 is 1.95 bits per heavy atom. The number of thiazole rings is 1. The molecule has 0 spiro atoms. The zero-order valence-electron chi connectivity index (χ0n) is 12.2. The van der Waals surface area contributed by atoms with Gasteiger partial charge in [0, 0.05) is 23.2 Å². The molecule has 0 aliphatic heterocycles. The van der Waals surface area contributed by atoms with Crippen LogP contribution >= 0.6 is 11.3 Å². The van der Waals surface area contributed by atoms with Crippen LogP contribution in [0.5, 0.6) is 0 Å². The lowest BCUT2D eigenvalue weighted by atomic mass is 9.99. The van der Waals surface area contributed by atoms with E-state index in [1.54, 1.807) is 17.5 Å². The number of aromatic nitrogens is 2. The molecular weight excluding hydrogens is 284 g/mol. The molecule has 2 heterocycles. The van der Waals surface area contributed by atoms with E-state index >= 15 is 0 Å². The van der Waals surface area contributed by atoms with Gasteiger partial charge in [-0.2, -0.15) is 0 Å². The van der Waals surface area contributed by atoms with Gasteiger partial charge in [0.1, 0.15) is 0 Å². The predicted octanol–water partition coefficient (Wildman–Crippen LogP) is 3.61. The average molecular weight is 300 g/mol. The predicted molar refractivity (Wildman–Crippen MR) is 83.5 cm³/mol. The van der Waals surface area contributed by atoms with Crippen LogP contribution in [0.15, 0.2) is 24.4 Å². The molecule has 1 N–H and O–H groups in total. The topological polar surface area (TPSA) is 54.6 Å². The minimum atomic E-state index is -0.985. The number of nitrogens with zero attached hydrogens (tertiary/aromatic N) is 2. The van der Waals surface area contributed by atoms with Crippen LogP contribution in [0, 0.1) is 20.8 Å². The van der Waals surface area contributed by atoms with Gasteiger partial charge in [0.05, 0.1) is 0 Å². The highest BCUT2D eigenvalue weighted by Gasteiger charge is 2.16. The highest BCUT2D eigenvalue weighted by molar-refractivity contribution is 7.17. The number of aryl methyl sites for hydroxylation is 3. The van der Waals surface area contributed by atoms with Crippen molar-refractivity contribution in [3.63, 3.8) is 0 Å². The third kappa shape index (κ3) is 2.34. The highest BCUT2D eigenvalue weighted by atomic mass is 32.1. The summed E-state index contributed by atoms with van der Waals surface area (Å²) < 4.78 is 1.87. The van der Waals surface area contributed by atoms with Gasteiger partial charge in [-0.15, -0.1) is 11.3 Å². The molecule has 5 heteroatoms. The Hall–Kier alpha value is -2.14. The van der Waals surface area contributed by atoms with E-state index < -0.39 is 5.97 Å². The number of benzene rings is 1. The normalized spacial score (nSPS) is 11.2. The number of carboxylic acids is 1. The molecule has 0 aliphatic rings. The monoisotopic (exact) mass is 300 g/mol. The lowest BCUT2D eigenvalue weighted by Crippen LogP contribution is -1.97. The second kappa shape index (κ2) is 5.00. The number of rotatable bonds is 3. The van der Waals surface area contributed by atoms with Crippen molar-refractivity contribution < 1.29 is 9.90 Å². The summed E-state index contributed by atoms with van der Waals surface area (Å²) in [6, 6.07) is 6.32. The van der Waals surface area contributed by atoms with Gasteiger partial charge in [-0.3, -0.25) is 4.40 Å². The summed E-state index contributed by atoms with van der Waals surface area (Å²) >= 11 is 1.56. The van der Waals surface area contributed by atoms with Gasteiger partial charge >= 0.3 is 5.97 Å². The van der Waals surface area contributed by atoms with Crippen molar-refractivity contribution in [1.82, 2.24) is 9.38 Å². The van der Waals surface area contributed by atoms with Crippen LogP contribution in [0.3, 0.4) is 0 Å². The molecule has 1 aromatic carbocycles. The molecule has 0 amide bonds. The maximum absolute atomic E-state index is 11.0. The van der Waals surface area contributed by atoms with E-state index in [4.69, 9.17) is 5.11 Å². The molecule has 0 bridgehead atoms. The van der Waals surface area contributed by atoms with E-state index in [1.807, 2.05) is 11.3 Å². The number of imidazole rings is 1. The number of carbonyl (C=O) groups is 1. The van der Waals surface area contributed by atoms with Crippen LogP contribution in [-0.4, -0.2) is 20.5 Å². The van der Waals surface area contributed by atoms with Crippen molar-refractivity contribution in [2.75, 3.05) is 0 Å². The van der Waals surface area contributed by atoms with E-state index in [0.717, 1.165) is 17.1 Å². The van der Waals surface area contributed by atoms with Gasteiger partial charge in [-0.25, -0.2) is 9.78 Å². The van der Waals surface area contributed by atoms with Gasteiger partial charge in [0.15, 0.2) is 10.7 Å². The molecule has 0 aliphatic carbocycles. The second-order valence-corrected chi connectivity index (χ2v) is 6.30. The Bertz CT molecular complexity index is 825. The smallest absolute Gasteiger partial charge is 0.356 e. The first-order valence-electron chi connectivity index (χ1n) is 6.73. The number of hydrogen-bond acceptors (Lipinski definition) is 3. The Labute approximate surface area is 126 Å². The quantitative estimate of drug-likeness (QED) is 0.804. The lowest BCUT2D eigenvalue weighted by molar-refractivity contribution is 0.0691. The lowest BCUT2D eigenvalue weighted by Gasteiger charge is -2.08. The summed E-state index contributed by atoms with van der Waals surface area (Å²) in [6.07, 6.45) is 2.46. The minimum absolute atomic E-state index is 0.1000. The zero-order valence-corrected chi connectivity index (χ0v) is 13.0. The van der Waals surface area contributed by atoms with Crippen molar-refractivity contribution in [3.8, 4) is 0 Å². The third-order valence-corrected chi connectivity index (χ3v) is 5.01. The van der Waals surface area contributed by atoms with Crippen molar-refractivity contribution in [2.24, 2.45) is 0 Å². The van der Waals surface area contributed by atoms with Crippen molar-refractivity contribution in [2.45, 2.75) is 27.2 Å². The molecule has 2 aromatic heterocycles. The summed E-state index contributed by atoms with van der Waals surface area (Å²) in [7, 11) is 0. The molecule has 0 unspecified atom stereocenters. The maximum atomic E-state index is 11.0.